The van der Waals surface area contributed by atoms with Crippen molar-refractivity contribution in [2.45, 2.75) is 13.3 Å². The Morgan fingerprint density at radius 1 is 1.45 bits per heavy atom. The Morgan fingerprint density at radius 2 is 2.25 bits per heavy atom. The van der Waals surface area contributed by atoms with Crippen molar-refractivity contribution in [3.8, 4) is 0 Å². The van der Waals surface area contributed by atoms with Crippen molar-refractivity contribution in [2.24, 2.45) is 11.8 Å². The van der Waals surface area contributed by atoms with Crippen molar-refractivity contribution in [1.82, 2.24) is 8.75 Å². The highest BCUT2D eigenvalue weighted by Gasteiger charge is 2.40. The predicted octanol–water partition coefficient (Wildman–Crippen LogP) is 1.83. The van der Waals surface area contributed by atoms with Crippen LogP contribution in [0.1, 0.15) is 13.3 Å². The number of hydrogen-bond donors (Lipinski definition) is 1. The lowest BCUT2D eigenvalue weighted by molar-refractivity contribution is -0.148. The molecule has 1 aliphatic rings. The Balaban J connectivity index is 1.58. The molecule has 104 valence electrons. The van der Waals surface area contributed by atoms with Crippen LogP contribution in [0.2, 0.25) is 0 Å². The Bertz CT molecular complexity index is 670. The number of rotatable bonds is 4. The summed E-state index contributed by atoms with van der Waals surface area (Å²) in [5.41, 5.74) is 1.96. The summed E-state index contributed by atoms with van der Waals surface area (Å²) in [6.45, 7) is 1.72. The summed E-state index contributed by atoms with van der Waals surface area (Å²) in [7, 11) is 0. The van der Waals surface area contributed by atoms with Gasteiger partial charge in [0.05, 0.1) is 23.3 Å². The molecule has 1 fully saturated rings. The summed E-state index contributed by atoms with van der Waals surface area (Å²) in [5.74, 6) is -0.317. The minimum absolute atomic E-state index is 0.0334. The van der Waals surface area contributed by atoms with Crippen molar-refractivity contribution >= 4 is 40.3 Å². The lowest BCUT2D eigenvalue weighted by atomic mass is 10.2. The fraction of sp³-hybridized carbons (Fsp3) is 0.385. The summed E-state index contributed by atoms with van der Waals surface area (Å²) in [4.78, 5) is 23.3. The number of nitrogens with one attached hydrogen (secondary N) is 1. The maximum atomic E-state index is 11.8. The van der Waals surface area contributed by atoms with E-state index in [1.165, 1.54) is 0 Å². The first kappa shape index (κ1) is 13.0. The molecule has 1 heterocycles. The smallest absolute Gasteiger partial charge is 0.309 e. The molecule has 3 rings (SSSR count). The number of aromatic nitrogens is 2. The van der Waals surface area contributed by atoms with Gasteiger partial charge in [-0.05, 0) is 24.5 Å². The standard InChI is InChI=1S/C13H13N3O3S/c1-7-5-8(7)13(18)19-6-11(17)14-9-3-2-4-10-12(9)16-20-15-10/h2-4,7-8H,5-6H2,1H3,(H,14,17)/t7-,8+/m1/s1. The molecule has 20 heavy (non-hydrogen) atoms. The number of amides is 1. The Hall–Kier alpha value is -2.02. The summed E-state index contributed by atoms with van der Waals surface area (Å²) in [6, 6.07) is 5.35. The third kappa shape index (κ3) is 2.62. The number of fused-ring (bicyclic) bond motifs is 1. The zero-order valence-corrected chi connectivity index (χ0v) is 11.6. The minimum Gasteiger partial charge on any atom is -0.455 e. The first-order valence-corrected chi connectivity index (χ1v) is 7.06. The van der Waals surface area contributed by atoms with Gasteiger partial charge in [-0.15, -0.1) is 0 Å². The average Bonchev–Trinajstić information content (AvgIpc) is 2.97. The maximum absolute atomic E-state index is 11.8. The van der Waals surface area contributed by atoms with Crippen LogP contribution < -0.4 is 5.32 Å². The van der Waals surface area contributed by atoms with Crippen LogP contribution in [-0.2, 0) is 14.3 Å². The van der Waals surface area contributed by atoms with Crippen molar-refractivity contribution in [2.75, 3.05) is 11.9 Å². The van der Waals surface area contributed by atoms with Crippen LogP contribution in [0.25, 0.3) is 11.0 Å². The van der Waals surface area contributed by atoms with E-state index in [2.05, 4.69) is 14.1 Å². The quantitative estimate of drug-likeness (QED) is 0.869. The molecule has 0 unspecified atom stereocenters. The monoisotopic (exact) mass is 291 g/mol. The highest BCUT2D eigenvalue weighted by molar-refractivity contribution is 7.00. The van der Waals surface area contributed by atoms with Gasteiger partial charge in [0.15, 0.2) is 6.61 Å². The van der Waals surface area contributed by atoms with Crippen LogP contribution >= 0.6 is 11.7 Å². The molecule has 1 amide bonds. The molecule has 0 aliphatic heterocycles. The molecule has 1 aromatic heterocycles. The van der Waals surface area contributed by atoms with E-state index in [0.29, 0.717) is 17.1 Å². The van der Waals surface area contributed by atoms with Crippen LogP contribution in [0, 0.1) is 11.8 Å². The van der Waals surface area contributed by atoms with Gasteiger partial charge in [0.25, 0.3) is 5.91 Å². The molecule has 2 aromatic rings. The summed E-state index contributed by atoms with van der Waals surface area (Å²) in [5, 5.41) is 2.68. The average molecular weight is 291 g/mol. The second-order valence-corrected chi connectivity index (χ2v) is 5.44. The molecule has 0 radical (unpaired) electrons. The first-order chi connectivity index (χ1) is 9.65. The molecule has 0 saturated heterocycles. The van der Waals surface area contributed by atoms with E-state index in [4.69, 9.17) is 4.74 Å². The number of esters is 1. The summed E-state index contributed by atoms with van der Waals surface area (Å²) in [6.07, 6.45) is 0.851. The molecule has 1 saturated carbocycles. The largest absolute Gasteiger partial charge is 0.455 e. The van der Waals surface area contributed by atoms with Crippen molar-refractivity contribution in [3.63, 3.8) is 0 Å². The fourth-order valence-corrected chi connectivity index (χ4v) is 2.54. The molecule has 7 heteroatoms. The van der Waals surface area contributed by atoms with E-state index in [1.807, 2.05) is 13.0 Å². The fourth-order valence-electron chi connectivity index (χ4n) is 1.99. The molecular formula is C13H13N3O3S. The lowest BCUT2D eigenvalue weighted by Gasteiger charge is -2.06. The van der Waals surface area contributed by atoms with E-state index in [-0.39, 0.29) is 24.4 Å². The van der Waals surface area contributed by atoms with Gasteiger partial charge in [0.2, 0.25) is 0 Å². The minimum atomic E-state index is -0.368. The zero-order valence-electron chi connectivity index (χ0n) is 10.8. The van der Waals surface area contributed by atoms with E-state index in [1.54, 1.807) is 12.1 Å². The van der Waals surface area contributed by atoms with Gasteiger partial charge in [-0.1, -0.05) is 13.0 Å². The van der Waals surface area contributed by atoms with Crippen molar-refractivity contribution < 1.29 is 14.3 Å². The molecule has 6 nitrogen and oxygen atoms in total. The number of ether oxygens (including phenoxy) is 1. The molecular weight excluding hydrogens is 278 g/mol. The molecule has 1 aromatic carbocycles. The normalized spacial score (nSPS) is 20.6. The third-order valence-electron chi connectivity index (χ3n) is 3.32. The Morgan fingerprint density at radius 3 is 3.00 bits per heavy atom. The topological polar surface area (TPSA) is 81.2 Å². The van der Waals surface area contributed by atoms with Crippen molar-refractivity contribution in [3.05, 3.63) is 18.2 Å². The molecule has 0 bridgehead atoms. The number of anilines is 1. The van der Waals surface area contributed by atoms with Crippen LogP contribution in [0.15, 0.2) is 18.2 Å². The Labute approximate surface area is 119 Å². The van der Waals surface area contributed by atoms with E-state index in [9.17, 15) is 9.59 Å². The maximum Gasteiger partial charge on any atom is 0.309 e. The highest BCUT2D eigenvalue weighted by Crippen LogP contribution is 2.38. The van der Waals surface area contributed by atoms with Gasteiger partial charge in [0, 0.05) is 0 Å². The van der Waals surface area contributed by atoms with Crippen LogP contribution in [0.5, 0.6) is 0 Å². The van der Waals surface area contributed by atoms with E-state index >= 15 is 0 Å². The molecule has 2 atom stereocenters. The van der Waals surface area contributed by atoms with Crippen molar-refractivity contribution in [1.29, 1.82) is 0 Å². The van der Waals surface area contributed by atoms with Gasteiger partial charge in [-0.2, -0.15) is 8.75 Å². The highest BCUT2D eigenvalue weighted by atomic mass is 32.1. The van der Waals surface area contributed by atoms with Gasteiger partial charge in [0.1, 0.15) is 11.0 Å². The van der Waals surface area contributed by atoms with Gasteiger partial charge in [-0.25, -0.2) is 0 Å². The SMILES string of the molecule is C[C@@H]1C[C@@H]1C(=O)OCC(=O)Nc1cccc2nsnc12. The number of benzene rings is 1. The second kappa shape index (κ2) is 5.16. The van der Waals surface area contributed by atoms with Crippen LogP contribution in [0.3, 0.4) is 0 Å². The van der Waals surface area contributed by atoms with Gasteiger partial charge in [-0.3, -0.25) is 9.59 Å². The molecule has 1 aliphatic carbocycles. The predicted molar refractivity (Wildman–Crippen MR) is 74.3 cm³/mol. The van der Waals surface area contributed by atoms with Gasteiger partial charge < -0.3 is 10.1 Å². The lowest BCUT2D eigenvalue weighted by Crippen LogP contribution is -2.21. The van der Waals surface area contributed by atoms with Crippen LogP contribution in [-0.4, -0.2) is 27.2 Å². The Kier molecular flexibility index (Phi) is 3.35. The number of carbonyl (C=O) groups is 2. The van der Waals surface area contributed by atoms with Crippen LogP contribution in [0.4, 0.5) is 5.69 Å². The number of hydrogen-bond acceptors (Lipinski definition) is 6. The summed E-state index contributed by atoms with van der Waals surface area (Å²) < 4.78 is 13.2. The number of carbonyl (C=O) groups excluding carboxylic acids is 2. The third-order valence-corrected chi connectivity index (χ3v) is 3.86. The second-order valence-electron chi connectivity index (χ2n) is 4.91. The zero-order chi connectivity index (χ0) is 14.1. The molecule has 1 N–H and O–H groups in total. The van der Waals surface area contributed by atoms with E-state index < -0.39 is 0 Å². The van der Waals surface area contributed by atoms with E-state index in [0.717, 1.165) is 23.7 Å². The van der Waals surface area contributed by atoms with Gasteiger partial charge >= 0.3 is 5.97 Å². The number of nitrogens with zero attached hydrogens (tertiary/aromatic N) is 2. The first-order valence-electron chi connectivity index (χ1n) is 6.33. The molecule has 0 spiro atoms. The summed E-state index contributed by atoms with van der Waals surface area (Å²) >= 11 is 1.09.